The Bertz CT molecular complexity index is 396. The topological polar surface area (TPSA) is 49.3 Å². The normalized spacial score (nSPS) is 12.4. The highest BCUT2D eigenvalue weighted by molar-refractivity contribution is 5.69. The van der Waals surface area contributed by atoms with Crippen molar-refractivity contribution < 1.29 is 18.7 Å². The maximum Gasteiger partial charge on any atom is 0.307 e. The van der Waals surface area contributed by atoms with Crippen LogP contribution in [0.5, 0.6) is 0 Å². The second kappa shape index (κ2) is 6.30. The number of benzene rings is 1. The number of carboxylic acid groups (broad SMARTS) is 1. The van der Waals surface area contributed by atoms with Gasteiger partial charge in [0, 0.05) is 6.54 Å². The Morgan fingerprint density at radius 2 is 2.12 bits per heavy atom. The van der Waals surface area contributed by atoms with Gasteiger partial charge < -0.3 is 10.4 Å². The van der Waals surface area contributed by atoms with Crippen molar-refractivity contribution in [2.45, 2.75) is 13.3 Å². The Balaban J connectivity index is 2.31. The molecule has 0 saturated carbocycles. The molecule has 17 heavy (non-hydrogen) atoms. The summed E-state index contributed by atoms with van der Waals surface area (Å²) in [6, 6.07) is 3.75. The standard InChI is InChI=1S/C12H15F2NO2/c1-8(12(16)17)7-15-5-4-9-2-3-10(13)11(14)6-9/h2-3,6,8,15H,4-5,7H2,1H3,(H,16,17). The van der Waals surface area contributed by atoms with Crippen LogP contribution in [0.15, 0.2) is 18.2 Å². The van der Waals surface area contributed by atoms with Crippen molar-refractivity contribution in [2.75, 3.05) is 13.1 Å². The number of hydrogen-bond donors (Lipinski definition) is 2. The van der Waals surface area contributed by atoms with Crippen LogP contribution in [0.1, 0.15) is 12.5 Å². The van der Waals surface area contributed by atoms with Crippen LogP contribution in [0.2, 0.25) is 0 Å². The van der Waals surface area contributed by atoms with Crippen LogP contribution >= 0.6 is 0 Å². The van der Waals surface area contributed by atoms with Crippen molar-refractivity contribution in [3.63, 3.8) is 0 Å². The summed E-state index contributed by atoms with van der Waals surface area (Å²) in [5.41, 5.74) is 0.680. The average Bonchev–Trinajstić information content (AvgIpc) is 2.28. The quantitative estimate of drug-likeness (QED) is 0.749. The van der Waals surface area contributed by atoms with E-state index in [1.165, 1.54) is 6.07 Å². The third kappa shape index (κ3) is 4.48. The molecule has 0 spiro atoms. The molecule has 2 N–H and O–H groups in total. The average molecular weight is 243 g/mol. The van der Waals surface area contributed by atoms with Crippen molar-refractivity contribution in [3.8, 4) is 0 Å². The minimum Gasteiger partial charge on any atom is -0.481 e. The van der Waals surface area contributed by atoms with E-state index in [1.807, 2.05) is 0 Å². The van der Waals surface area contributed by atoms with Crippen molar-refractivity contribution in [1.82, 2.24) is 5.32 Å². The van der Waals surface area contributed by atoms with Gasteiger partial charge in [0.2, 0.25) is 0 Å². The molecule has 0 aromatic heterocycles. The van der Waals surface area contributed by atoms with Crippen LogP contribution in [0, 0.1) is 17.6 Å². The first-order valence-electron chi connectivity index (χ1n) is 5.38. The van der Waals surface area contributed by atoms with E-state index in [0.29, 0.717) is 25.1 Å². The molecule has 0 saturated heterocycles. The highest BCUT2D eigenvalue weighted by Crippen LogP contribution is 2.08. The van der Waals surface area contributed by atoms with Crippen molar-refractivity contribution >= 4 is 5.97 Å². The summed E-state index contributed by atoms with van der Waals surface area (Å²) in [7, 11) is 0. The van der Waals surface area contributed by atoms with Gasteiger partial charge in [-0.05, 0) is 30.7 Å². The number of carbonyl (C=O) groups is 1. The van der Waals surface area contributed by atoms with E-state index in [0.717, 1.165) is 12.1 Å². The molecule has 1 aromatic carbocycles. The summed E-state index contributed by atoms with van der Waals surface area (Å²) >= 11 is 0. The van der Waals surface area contributed by atoms with E-state index >= 15 is 0 Å². The molecular weight excluding hydrogens is 228 g/mol. The van der Waals surface area contributed by atoms with Gasteiger partial charge in [-0.1, -0.05) is 13.0 Å². The molecule has 0 aliphatic rings. The fraction of sp³-hybridized carbons (Fsp3) is 0.417. The van der Waals surface area contributed by atoms with Crippen molar-refractivity contribution in [1.29, 1.82) is 0 Å². The van der Waals surface area contributed by atoms with Gasteiger partial charge in [0.25, 0.3) is 0 Å². The van der Waals surface area contributed by atoms with Crippen LogP contribution in [-0.2, 0) is 11.2 Å². The predicted molar refractivity (Wildman–Crippen MR) is 59.7 cm³/mol. The smallest absolute Gasteiger partial charge is 0.307 e. The number of hydrogen-bond acceptors (Lipinski definition) is 2. The van der Waals surface area contributed by atoms with Crippen LogP contribution in [0.3, 0.4) is 0 Å². The van der Waals surface area contributed by atoms with E-state index < -0.39 is 23.5 Å². The lowest BCUT2D eigenvalue weighted by Crippen LogP contribution is -2.27. The number of carboxylic acids is 1. The monoisotopic (exact) mass is 243 g/mol. The summed E-state index contributed by atoms with van der Waals surface area (Å²) in [5, 5.41) is 11.6. The fourth-order valence-electron chi connectivity index (χ4n) is 1.33. The number of halogens is 2. The molecule has 0 amide bonds. The Kier molecular flexibility index (Phi) is 5.03. The third-order valence-corrected chi connectivity index (χ3v) is 2.45. The molecule has 1 rings (SSSR count). The Hall–Kier alpha value is -1.49. The van der Waals surface area contributed by atoms with E-state index in [1.54, 1.807) is 6.92 Å². The first kappa shape index (κ1) is 13.6. The van der Waals surface area contributed by atoms with Gasteiger partial charge >= 0.3 is 5.97 Å². The first-order valence-corrected chi connectivity index (χ1v) is 5.38. The van der Waals surface area contributed by atoms with Gasteiger partial charge in [-0.3, -0.25) is 4.79 Å². The molecule has 0 radical (unpaired) electrons. The molecule has 1 atom stereocenters. The van der Waals surface area contributed by atoms with Crippen molar-refractivity contribution in [2.24, 2.45) is 5.92 Å². The highest BCUT2D eigenvalue weighted by atomic mass is 19.2. The Morgan fingerprint density at radius 3 is 2.71 bits per heavy atom. The third-order valence-electron chi connectivity index (χ3n) is 2.45. The lowest BCUT2D eigenvalue weighted by molar-refractivity contribution is -0.140. The molecule has 0 bridgehead atoms. The molecule has 0 aliphatic carbocycles. The minimum atomic E-state index is -0.860. The molecule has 0 heterocycles. The Morgan fingerprint density at radius 1 is 1.41 bits per heavy atom. The molecule has 1 aromatic rings. The van der Waals surface area contributed by atoms with Crippen LogP contribution in [0.4, 0.5) is 8.78 Å². The number of nitrogens with one attached hydrogen (secondary N) is 1. The SMILES string of the molecule is CC(CNCCc1ccc(F)c(F)c1)C(=O)O. The van der Waals surface area contributed by atoms with Gasteiger partial charge in [-0.25, -0.2) is 8.78 Å². The van der Waals surface area contributed by atoms with Gasteiger partial charge in [-0.2, -0.15) is 0 Å². The summed E-state index contributed by atoms with van der Waals surface area (Å²) in [6.45, 7) is 2.49. The van der Waals surface area contributed by atoms with Gasteiger partial charge in [-0.15, -0.1) is 0 Å². The van der Waals surface area contributed by atoms with Crippen LogP contribution in [-0.4, -0.2) is 24.2 Å². The minimum absolute atomic E-state index is 0.360. The fourth-order valence-corrected chi connectivity index (χ4v) is 1.33. The number of rotatable bonds is 6. The summed E-state index contributed by atoms with van der Waals surface area (Å²) in [4.78, 5) is 10.5. The zero-order valence-corrected chi connectivity index (χ0v) is 9.54. The molecule has 3 nitrogen and oxygen atoms in total. The van der Waals surface area contributed by atoms with Crippen molar-refractivity contribution in [3.05, 3.63) is 35.4 Å². The molecule has 0 fully saturated rings. The molecule has 5 heteroatoms. The summed E-state index contributed by atoms with van der Waals surface area (Å²) in [5.74, 6) is -3.03. The summed E-state index contributed by atoms with van der Waals surface area (Å²) < 4.78 is 25.5. The molecule has 0 aliphatic heterocycles. The zero-order chi connectivity index (χ0) is 12.8. The first-order chi connectivity index (χ1) is 8.00. The van der Waals surface area contributed by atoms with Crippen LogP contribution in [0.25, 0.3) is 0 Å². The van der Waals surface area contributed by atoms with Gasteiger partial charge in [0.15, 0.2) is 11.6 Å². The summed E-state index contributed by atoms with van der Waals surface area (Å²) in [6.07, 6.45) is 0.531. The molecule has 94 valence electrons. The van der Waals surface area contributed by atoms with E-state index in [-0.39, 0.29) is 0 Å². The molecule has 1 unspecified atom stereocenters. The maximum absolute atomic E-state index is 12.8. The zero-order valence-electron chi connectivity index (χ0n) is 9.54. The van der Waals surface area contributed by atoms with E-state index in [2.05, 4.69) is 5.32 Å². The van der Waals surface area contributed by atoms with Crippen LogP contribution < -0.4 is 5.32 Å². The second-order valence-electron chi connectivity index (χ2n) is 3.94. The number of aliphatic carboxylic acids is 1. The van der Waals surface area contributed by atoms with Gasteiger partial charge in [0.1, 0.15) is 0 Å². The lowest BCUT2D eigenvalue weighted by Gasteiger charge is -2.08. The lowest BCUT2D eigenvalue weighted by atomic mass is 10.1. The Labute approximate surface area is 98.5 Å². The van der Waals surface area contributed by atoms with Gasteiger partial charge in [0.05, 0.1) is 5.92 Å². The maximum atomic E-state index is 12.8. The highest BCUT2D eigenvalue weighted by Gasteiger charge is 2.09. The largest absolute Gasteiger partial charge is 0.481 e. The molecular formula is C12H15F2NO2. The van der Waals surface area contributed by atoms with E-state index in [4.69, 9.17) is 5.11 Å². The second-order valence-corrected chi connectivity index (χ2v) is 3.94. The van der Waals surface area contributed by atoms with E-state index in [9.17, 15) is 13.6 Å². The predicted octanol–water partition coefficient (Wildman–Crippen LogP) is 1.82.